The second kappa shape index (κ2) is 7.97. The Balaban J connectivity index is 2.46. The molecule has 2 unspecified atom stereocenters. The lowest BCUT2D eigenvalue weighted by Crippen LogP contribution is -2.49. The van der Waals surface area contributed by atoms with Gasteiger partial charge in [0.1, 0.15) is 19.0 Å². The van der Waals surface area contributed by atoms with E-state index in [-0.39, 0.29) is 6.61 Å². The lowest BCUT2D eigenvalue weighted by molar-refractivity contribution is -0.146. The van der Waals surface area contributed by atoms with E-state index in [2.05, 4.69) is 5.32 Å². The van der Waals surface area contributed by atoms with E-state index < -0.39 is 48.9 Å². The smallest absolute Gasteiger partial charge is 0.405 e. The van der Waals surface area contributed by atoms with Gasteiger partial charge in [0.05, 0.1) is 6.61 Å². The van der Waals surface area contributed by atoms with Gasteiger partial charge in [0.25, 0.3) is 0 Å². The maximum Gasteiger partial charge on any atom is 0.405 e. The minimum absolute atomic E-state index is 0.164. The highest BCUT2D eigenvalue weighted by Gasteiger charge is 2.32. The standard InChI is InChI=1S/C12H17F3N2O5/c13-12(14,15)6-16-8(18)4-9(19)17-10(11(20)21)7-2-1-3-22-5-7/h7,10H,1-6H2,(H,16,18)(H,17,19)(H,20,21). The molecular formula is C12H17F3N2O5. The summed E-state index contributed by atoms with van der Waals surface area (Å²) in [5, 5.41) is 12.8. The van der Waals surface area contributed by atoms with Crippen molar-refractivity contribution in [3.8, 4) is 0 Å². The van der Waals surface area contributed by atoms with Gasteiger partial charge >= 0.3 is 12.1 Å². The van der Waals surface area contributed by atoms with Gasteiger partial charge in [-0.25, -0.2) is 4.79 Å². The summed E-state index contributed by atoms with van der Waals surface area (Å²) in [6.07, 6.45) is -4.25. The molecule has 126 valence electrons. The number of ether oxygens (including phenoxy) is 1. The van der Waals surface area contributed by atoms with Crippen molar-refractivity contribution >= 4 is 17.8 Å². The Morgan fingerprint density at radius 2 is 1.95 bits per heavy atom. The molecule has 7 nitrogen and oxygen atoms in total. The largest absolute Gasteiger partial charge is 0.480 e. The van der Waals surface area contributed by atoms with Crippen LogP contribution in [0.2, 0.25) is 0 Å². The van der Waals surface area contributed by atoms with Crippen LogP contribution in [0.1, 0.15) is 19.3 Å². The van der Waals surface area contributed by atoms with Crippen molar-refractivity contribution in [3.63, 3.8) is 0 Å². The van der Waals surface area contributed by atoms with E-state index in [0.717, 1.165) is 0 Å². The summed E-state index contributed by atoms with van der Waals surface area (Å²) in [5.74, 6) is -3.79. The summed E-state index contributed by atoms with van der Waals surface area (Å²) >= 11 is 0. The Kier molecular flexibility index (Phi) is 6.60. The van der Waals surface area contributed by atoms with Gasteiger partial charge in [0, 0.05) is 12.5 Å². The lowest BCUT2D eigenvalue weighted by atomic mass is 9.93. The molecule has 10 heteroatoms. The van der Waals surface area contributed by atoms with Crippen molar-refractivity contribution in [3.05, 3.63) is 0 Å². The molecule has 0 aromatic rings. The SMILES string of the molecule is O=C(CC(=O)NC(C(=O)O)C1CCCOC1)NCC(F)(F)F. The molecule has 0 aromatic carbocycles. The molecule has 1 heterocycles. The van der Waals surface area contributed by atoms with Crippen LogP contribution >= 0.6 is 0 Å². The number of carbonyl (C=O) groups excluding carboxylic acids is 2. The van der Waals surface area contributed by atoms with E-state index in [1.54, 1.807) is 0 Å². The molecule has 1 rings (SSSR count). The molecule has 22 heavy (non-hydrogen) atoms. The number of halogens is 3. The Morgan fingerprint density at radius 1 is 1.27 bits per heavy atom. The quantitative estimate of drug-likeness (QED) is 0.598. The summed E-state index contributed by atoms with van der Waals surface area (Å²) < 4.78 is 40.8. The number of aliphatic carboxylic acids is 1. The molecule has 0 saturated carbocycles. The predicted octanol–water partition coefficient (Wildman–Crippen LogP) is 0.0510. The van der Waals surface area contributed by atoms with Crippen LogP contribution in [0.25, 0.3) is 0 Å². The van der Waals surface area contributed by atoms with Crippen LogP contribution in [0.5, 0.6) is 0 Å². The fourth-order valence-corrected chi connectivity index (χ4v) is 2.04. The first-order valence-corrected chi connectivity index (χ1v) is 6.62. The fraction of sp³-hybridized carbons (Fsp3) is 0.750. The summed E-state index contributed by atoms with van der Waals surface area (Å²) in [6.45, 7) is -0.869. The molecule has 0 spiro atoms. The van der Waals surface area contributed by atoms with Crippen molar-refractivity contribution in [2.75, 3.05) is 19.8 Å². The van der Waals surface area contributed by atoms with Crippen LogP contribution in [0.3, 0.4) is 0 Å². The maximum atomic E-state index is 11.9. The predicted molar refractivity (Wildman–Crippen MR) is 66.8 cm³/mol. The minimum atomic E-state index is -4.57. The molecule has 1 aliphatic heterocycles. The summed E-state index contributed by atoms with van der Waals surface area (Å²) in [7, 11) is 0. The number of hydrogen-bond donors (Lipinski definition) is 3. The first-order chi connectivity index (χ1) is 10.2. The molecule has 0 aromatic heterocycles. The molecule has 2 amide bonds. The van der Waals surface area contributed by atoms with Crippen LogP contribution in [0, 0.1) is 5.92 Å². The highest BCUT2D eigenvalue weighted by atomic mass is 19.4. The van der Waals surface area contributed by atoms with E-state index in [1.807, 2.05) is 0 Å². The number of hydrogen-bond acceptors (Lipinski definition) is 4. The third-order valence-electron chi connectivity index (χ3n) is 3.06. The summed E-state index contributed by atoms with van der Waals surface area (Å²) in [6, 6.07) is -1.23. The number of alkyl halides is 3. The Morgan fingerprint density at radius 3 is 2.45 bits per heavy atom. The van der Waals surface area contributed by atoms with Gasteiger partial charge in [-0.05, 0) is 12.8 Å². The Bertz CT molecular complexity index is 421. The highest BCUT2D eigenvalue weighted by molar-refractivity contribution is 5.98. The van der Waals surface area contributed by atoms with Crippen molar-refractivity contribution in [2.24, 2.45) is 5.92 Å². The zero-order valence-corrected chi connectivity index (χ0v) is 11.6. The van der Waals surface area contributed by atoms with E-state index in [0.29, 0.717) is 19.4 Å². The van der Waals surface area contributed by atoms with Gasteiger partial charge in [0.15, 0.2) is 0 Å². The van der Waals surface area contributed by atoms with Crippen LogP contribution in [-0.4, -0.2) is 54.9 Å². The summed E-state index contributed by atoms with van der Waals surface area (Å²) in [5.41, 5.74) is 0. The van der Waals surface area contributed by atoms with E-state index >= 15 is 0 Å². The van der Waals surface area contributed by atoms with Crippen LogP contribution in [-0.2, 0) is 19.1 Å². The van der Waals surface area contributed by atoms with E-state index in [4.69, 9.17) is 9.84 Å². The third kappa shape index (κ3) is 6.74. The number of carbonyl (C=O) groups is 3. The fourth-order valence-electron chi connectivity index (χ4n) is 2.04. The number of rotatable bonds is 6. The average Bonchev–Trinajstić information content (AvgIpc) is 2.42. The number of carboxylic acids is 1. The molecule has 3 N–H and O–H groups in total. The molecule has 2 atom stereocenters. The Labute approximate surface area is 124 Å². The topological polar surface area (TPSA) is 105 Å². The number of amides is 2. The second-order valence-corrected chi connectivity index (χ2v) is 4.93. The van der Waals surface area contributed by atoms with Crippen LogP contribution < -0.4 is 10.6 Å². The first kappa shape index (κ1) is 18.2. The summed E-state index contributed by atoms with van der Waals surface area (Å²) in [4.78, 5) is 33.9. The maximum absolute atomic E-state index is 11.9. The second-order valence-electron chi connectivity index (χ2n) is 4.93. The average molecular weight is 326 g/mol. The highest BCUT2D eigenvalue weighted by Crippen LogP contribution is 2.18. The molecule has 0 bridgehead atoms. The zero-order chi connectivity index (χ0) is 16.8. The molecule has 1 fully saturated rings. The lowest BCUT2D eigenvalue weighted by Gasteiger charge is -2.28. The minimum Gasteiger partial charge on any atom is -0.480 e. The van der Waals surface area contributed by atoms with E-state index in [9.17, 15) is 27.6 Å². The van der Waals surface area contributed by atoms with Crippen molar-refractivity contribution in [1.29, 1.82) is 0 Å². The van der Waals surface area contributed by atoms with Gasteiger partial charge in [-0.15, -0.1) is 0 Å². The van der Waals surface area contributed by atoms with Gasteiger partial charge in [-0.1, -0.05) is 0 Å². The normalized spacial score (nSPS) is 20.0. The molecule has 1 saturated heterocycles. The number of carboxylic acid groups (broad SMARTS) is 1. The van der Waals surface area contributed by atoms with Gasteiger partial charge < -0.3 is 20.5 Å². The molecular weight excluding hydrogens is 309 g/mol. The molecule has 0 aliphatic carbocycles. The van der Waals surface area contributed by atoms with E-state index in [1.165, 1.54) is 5.32 Å². The van der Waals surface area contributed by atoms with Gasteiger partial charge in [-0.3, -0.25) is 9.59 Å². The first-order valence-electron chi connectivity index (χ1n) is 6.62. The van der Waals surface area contributed by atoms with Gasteiger partial charge in [0.2, 0.25) is 11.8 Å². The van der Waals surface area contributed by atoms with Crippen LogP contribution in [0.15, 0.2) is 0 Å². The monoisotopic (exact) mass is 326 g/mol. The zero-order valence-electron chi connectivity index (χ0n) is 11.6. The van der Waals surface area contributed by atoms with Crippen LogP contribution in [0.4, 0.5) is 13.2 Å². The third-order valence-corrected chi connectivity index (χ3v) is 3.06. The van der Waals surface area contributed by atoms with Crippen molar-refractivity contribution < 1.29 is 37.4 Å². The van der Waals surface area contributed by atoms with Crippen molar-refractivity contribution in [2.45, 2.75) is 31.5 Å². The van der Waals surface area contributed by atoms with Crippen molar-refractivity contribution in [1.82, 2.24) is 10.6 Å². The molecule has 1 aliphatic rings. The van der Waals surface area contributed by atoms with Gasteiger partial charge in [-0.2, -0.15) is 13.2 Å². The Hall–Kier alpha value is -1.84. The molecule has 0 radical (unpaired) electrons. The number of nitrogens with one attached hydrogen (secondary N) is 2.